The average molecular weight is 331 g/mol. The van der Waals surface area contributed by atoms with Crippen LogP contribution in [0.2, 0.25) is 0 Å². The first-order valence-corrected chi connectivity index (χ1v) is 9.04. The van der Waals surface area contributed by atoms with Crippen molar-refractivity contribution in [1.82, 2.24) is 4.90 Å². The minimum absolute atomic E-state index is 0.410. The molecule has 4 nitrogen and oxygen atoms in total. The molecular weight excluding hydrogens is 310 g/mol. The molecule has 0 spiro atoms. The smallest absolute Gasteiger partial charge is 0.153 e. The van der Waals surface area contributed by atoms with Crippen LogP contribution >= 0.6 is 0 Å². The molecule has 23 heavy (non-hydrogen) atoms. The third kappa shape index (κ3) is 2.97. The molecule has 1 N–H and O–H groups in total. The van der Waals surface area contributed by atoms with Crippen molar-refractivity contribution in [2.45, 2.75) is 17.1 Å². The normalized spacial score (nSPS) is 21.1. The molecule has 0 aromatic heterocycles. The summed E-state index contributed by atoms with van der Waals surface area (Å²) in [6.45, 7) is 0.827. The van der Waals surface area contributed by atoms with Crippen LogP contribution in [0.3, 0.4) is 0 Å². The molecule has 0 radical (unpaired) electrons. The Morgan fingerprint density at radius 1 is 1.22 bits per heavy atom. The number of hydrogen-bond donors (Lipinski definition) is 1. The Bertz CT molecular complexity index is 717. The van der Waals surface area contributed by atoms with Crippen molar-refractivity contribution in [2.75, 3.05) is 26.9 Å². The summed E-state index contributed by atoms with van der Waals surface area (Å²) in [5.41, 5.74) is 1.27. The number of likely N-dealkylation sites (N-methyl/N-ethyl adjacent to an activating group) is 1. The van der Waals surface area contributed by atoms with Gasteiger partial charge in [0.2, 0.25) is 0 Å². The van der Waals surface area contributed by atoms with Gasteiger partial charge >= 0.3 is 0 Å². The number of hydrogen-bond acceptors (Lipinski definition) is 4. The molecule has 2 unspecified atom stereocenters. The summed E-state index contributed by atoms with van der Waals surface area (Å²) in [6, 6.07) is 13.2. The summed E-state index contributed by atoms with van der Waals surface area (Å²) >= 11 is -1.12. The second-order valence-corrected chi connectivity index (χ2v) is 7.54. The van der Waals surface area contributed by atoms with Crippen molar-refractivity contribution in [3.05, 3.63) is 59.2 Å². The first-order chi connectivity index (χ1) is 10.9. The molecule has 5 heteroatoms. The van der Waals surface area contributed by atoms with Crippen LogP contribution in [0.25, 0.3) is 0 Å². The number of fused-ring (bicyclic) bond motifs is 2. The lowest BCUT2D eigenvalue weighted by atomic mass is 9.83. The highest BCUT2D eigenvalue weighted by molar-refractivity contribution is 7.90. The second kappa shape index (κ2) is 6.17. The topological polar surface area (TPSA) is 55.8 Å². The standard InChI is InChI=1S/C18H21NO3S/c1-19(2)12-18(20)15-7-5-4-6-13(15)11-22-17-9-8-14(23(3)21)10-16(17)18/h4-10,20H,11-12H2,1-3H3. The Hall–Kier alpha value is -1.53. The van der Waals surface area contributed by atoms with Crippen LogP contribution in [0.5, 0.6) is 5.75 Å². The fraction of sp³-hybridized carbons (Fsp3) is 0.333. The van der Waals surface area contributed by atoms with E-state index in [4.69, 9.17) is 4.74 Å². The van der Waals surface area contributed by atoms with Crippen molar-refractivity contribution in [3.63, 3.8) is 0 Å². The molecule has 0 amide bonds. The van der Waals surface area contributed by atoms with Crippen LogP contribution in [-0.4, -0.2) is 41.5 Å². The van der Waals surface area contributed by atoms with Gasteiger partial charge in [-0.3, -0.25) is 0 Å². The largest absolute Gasteiger partial charge is 0.612 e. The molecule has 0 saturated carbocycles. The van der Waals surface area contributed by atoms with E-state index >= 15 is 0 Å². The van der Waals surface area contributed by atoms with E-state index in [1.54, 1.807) is 24.5 Å². The first kappa shape index (κ1) is 16.3. The maximum Gasteiger partial charge on any atom is 0.153 e. The molecule has 0 aliphatic carbocycles. The Kier molecular flexibility index (Phi) is 4.38. The van der Waals surface area contributed by atoms with Crippen molar-refractivity contribution in [1.29, 1.82) is 0 Å². The lowest BCUT2D eigenvalue weighted by Crippen LogP contribution is -2.39. The number of rotatable bonds is 3. The van der Waals surface area contributed by atoms with Crippen LogP contribution < -0.4 is 4.74 Å². The van der Waals surface area contributed by atoms with E-state index < -0.39 is 16.8 Å². The summed E-state index contributed by atoms with van der Waals surface area (Å²) in [6.07, 6.45) is 1.64. The van der Waals surface area contributed by atoms with Crippen molar-refractivity contribution >= 4 is 11.2 Å². The quantitative estimate of drug-likeness (QED) is 0.875. The van der Waals surface area contributed by atoms with Gasteiger partial charge in [0.1, 0.15) is 24.2 Å². The Morgan fingerprint density at radius 2 is 1.96 bits per heavy atom. The number of nitrogens with zero attached hydrogens (tertiary/aromatic N) is 1. The van der Waals surface area contributed by atoms with Gasteiger partial charge in [0.25, 0.3) is 0 Å². The maximum atomic E-state index is 11.9. The van der Waals surface area contributed by atoms with Gasteiger partial charge in [-0.05, 0) is 48.5 Å². The molecule has 0 fully saturated rings. The van der Waals surface area contributed by atoms with Crippen LogP contribution in [0, 0.1) is 0 Å². The van der Waals surface area contributed by atoms with Crippen molar-refractivity contribution in [2.24, 2.45) is 0 Å². The van der Waals surface area contributed by atoms with E-state index in [2.05, 4.69) is 0 Å². The Morgan fingerprint density at radius 3 is 2.65 bits per heavy atom. The van der Waals surface area contributed by atoms with Gasteiger partial charge in [-0.25, -0.2) is 0 Å². The summed E-state index contributed by atoms with van der Waals surface area (Å²) in [5, 5.41) is 11.6. The Labute approximate surface area is 139 Å². The van der Waals surface area contributed by atoms with E-state index in [0.717, 1.165) is 11.1 Å². The van der Waals surface area contributed by atoms with Crippen LogP contribution in [0.15, 0.2) is 47.4 Å². The third-order valence-electron chi connectivity index (χ3n) is 4.12. The van der Waals surface area contributed by atoms with Crippen LogP contribution in [0.1, 0.15) is 16.7 Å². The first-order valence-electron chi connectivity index (χ1n) is 7.48. The lowest BCUT2D eigenvalue weighted by Gasteiger charge is -2.32. The van der Waals surface area contributed by atoms with Gasteiger partial charge in [0.05, 0.1) is 0 Å². The van der Waals surface area contributed by atoms with E-state index in [9.17, 15) is 9.66 Å². The lowest BCUT2D eigenvalue weighted by molar-refractivity contribution is 0.0506. The zero-order valence-electron chi connectivity index (χ0n) is 13.6. The third-order valence-corrected chi connectivity index (χ3v) is 5.04. The minimum atomic E-state index is -1.21. The van der Waals surface area contributed by atoms with Crippen molar-refractivity contribution in [3.8, 4) is 5.75 Å². The molecule has 2 aromatic rings. The summed E-state index contributed by atoms with van der Waals surface area (Å²) in [5.74, 6) is 0.639. The molecule has 122 valence electrons. The molecule has 1 aliphatic rings. The zero-order valence-corrected chi connectivity index (χ0v) is 14.4. The molecule has 0 saturated heterocycles. The van der Waals surface area contributed by atoms with Gasteiger partial charge in [-0.15, -0.1) is 0 Å². The molecule has 1 heterocycles. The molecule has 2 atom stereocenters. The maximum absolute atomic E-state index is 11.9. The van der Waals surface area contributed by atoms with E-state index in [0.29, 0.717) is 29.4 Å². The second-order valence-electron chi connectivity index (χ2n) is 6.16. The SMILES string of the molecule is CN(C)CC1(O)c2ccccc2COc2ccc([S+](C)[O-])cc21. The monoisotopic (exact) mass is 331 g/mol. The van der Waals surface area contributed by atoms with Gasteiger partial charge in [0, 0.05) is 18.2 Å². The zero-order chi connectivity index (χ0) is 16.6. The molecule has 3 rings (SSSR count). The number of ether oxygens (including phenoxy) is 1. The van der Waals surface area contributed by atoms with Crippen LogP contribution in [0.4, 0.5) is 0 Å². The highest BCUT2D eigenvalue weighted by atomic mass is 32.2. The fourth-order valence-corrected chi connectivity index (χ4v) is 3.66. The molecule has 1 aliphatic heterocycles. The van der Waals surface area contributed by atoms with Gasteiger partial charge in [-0.2, -0.15) is 0 Å². The van der Waals surface area contributed by atoms with Gasteiger partial charge in [-0.1, -0.05) is 24.3 Å². The fourth-order valence-electron chi connectivity index (χ4n) is 3.12. The molecular formula is C18H21NO3S. The predicted molar refractivity (Wildman–Crippen MR) is 91.1 cm³/mol. The highest BCUT2D eigenvalue weighted by Gasteiger charge is 2.39. The van der Waals surface area contributed by atoms with Crippen LogP contribution in [-0.2, 0) is 23.4 Å². The van der Waals surface area contributed by atoms with E-state index in [-0.39, 0.29) is 0 Å². The summed E-state index contributed by atoms with van der Waals surface area (Å²) in [7, 11) is 3.85. The highest BCUT2D eigenvalue weighted by Crippen LogP contribution is 2.41. The van der Waals surface area contributed by atoms with Crippen molar-refractivity contribution < 1.29 is 14.4 Å². The number of aliphatic hydroxyl groups is 1. The van der Waals surface area contributed by atoms with E-state index in [1.165, 1.54) is 0 Å². The molecule has 0 bridgehead atoms. The Balaban J connectivity index is 2.24. The summed E-state index contributed by atoms with van der Waals surface area (Å²) in [4.78, 5) is 2.63. The van der Waals surface area contributed by atoms with Gasteiger partial charge < -0.3 is 19.3 Å². The summed E-state index contributed by atoms with van der Waals surface area (Å²) < 4.78 is 17.8. The predicted octanol–water partition coefficient (Wildman–Crippen LogP) is 2.11. The minimum Gasteiger partial charge on any atom is -0.612 e. The van der Waals surface area contributed by atoms with E-state index in [1.807, 2.05) is 43.3 Å². The number of benzene rings is 2. The average Bonchev–Trinajstić information content (AvgIpc) is 2.62. The molecule has 2 aromatic carbocycles. The van der Waals surface area contributed by atoms with Gasteiger partial charge in [0.15, 0.2) is 4.90 Å².